The van der Waals surface area contributed by atoms with Crippen LogP contribution in [0.2, 0.25) is 0 Å². The largest absolute Gasteiger partial charge is 0.482 e. The van der Waals surface area contributed by atoms with E-state index in [1.54, 1.807) is 0 Å². The molecule has 1 aromatic carbocycles. The zero-order valence-electron chi connectivity index (χ0n) is 17.1. The van der Waals surface area contributed by atoms with E-state index in [-0.39, 0.29) is 6.10 Å². The number of likely N-dealkylation sites (tertiary alicyclic amines) is 1. The average molecular weight is 362 g/mol. The van der Waals surface area contributed by atoms with Crippen LogP contribution in [0.15, 0.2) is 18.2 Å². The Balaban J connectivity index is 1.64. The second-order valence-electron chi connectivity index (χ2n) is 8.52. The standard InChI is InChI=1S/C22H35NO3/c1-17-11-10-12-20(18(17)2)26-21(3,4)22(5)24-16-19(25-22)15-23-13-8-6-7-9-14-23/h10-12,19H,6-9,13-16H2,1-5H3. The van der Waals surface area contributed by atoms with E-state index in [0.29, 0.717) is 6.61 Å². The van der Waals surface area contributed by atoms with Crippen molar-refractivity contribution < 1.29 is 14.2 Å². The molecule has 0 bridgehead atoms. The van der Waals surface area contributed by atoms with E-state index in [2.05, 4.69) is 38.7 Å². The van der Waals surface area contributed by atoms with Crippen LogP contribution in [0, 0.1) is 13.8 Å². The van der Waals surface area contributed by atoms with E-state index in [4.69, 9.17) is 14.2 Å². The Labute approximate surface area is 158 Å². The summed E-state index contributed by atoms with van der Waals surface area (Å²) >= 11 is 0. The van der Waals surface area contributed by atoms with Crippen LogP contribution >= 0.6 is 0 Å². The normalized spacial score (nSPS) is 28.1. The third-order valence-electron chi connectivity index (χ3n) is 6.11. The third-order valence-corrected chi connectivity index (χ3v) is 6.11. The fourth-order valence-electron chi connectivity index (χ4n) is 3.85. The minimum Gasteiger partial charge on any atom is -0.482 e. The van der Waals surface area contributed by atoms with Crippen molar-refractivity contribution in [3.8, 4) is 5.75 Å². The Kier molecular flexibility index (Phi) is 5.95. The molecule has 26 heavy (non-hydrogen) atoms. The first-order chi connectivity index (χ1) is 12.3. The summed E-state index contributed by atoms with van der Waals surface area (Å²) in [7, 11) is 0. The first-order valence-electron chi connectivity index (χ1n) is 10.1. The van der Waals surface area contributed by atoms with Gasteiger partial charge in [0.2, 0.25) is 5.79 Å². The van der Waals surface area contributed by atoms with Crippen LogP contribution in [0.3, 0.4) is 0 Å². The van der Waals surface area contributed by atoms with Gasteiger partial charge in [0.1, 0.15) is 5.75 Å². The van der Waals surface area contributed by atoms with Crippen LogP contribution in [-0.4, -0.2) is 48.6 Å². The van der Waals surface area contributed by atoms with Crippen LogP contribution in [0.25, 0.3) is 0 Å². The van der Waals surface area contributed by atoms with E-state index in [0.717, 1.165) is 12.3 Å². The molecule has 2 aliphatic heterocycles. The lowest BCUT2D eigenvalue weighted by Crippen LogP contribution is -2.53. The van der Waals surface area contributed by atoms with Crippen molar-refractivity contribution in [1.82, 2.24) is 4.90 Å². The van der Waals surface area contributed by atoms with Crippen molar-refractivity contribution in [3.05, 3.63) is 29.3 Å². The van der Waals surface area contributed by atoms with Gasteiger partial charge in [-0.25, -0.2) is 0 Å². The highest BCUT2D eigenvalue weighted by Gasteiger charge is 2.51. The van der Waals surface area contributed by atoms with Gasteiger partial charge in [0.15, 0.2) is 5.60 Å². The highest BCUT2D eigenvalue weighted by Crippen LogP contribution is 2.38. The van der Waals surface area contributed by atoms with E-state index in [1.807, 2.05) is 19.1 Å². The van der Waals surface area contributed by atoms with Gasteiger partial charge < -0.3 is 19.1 Å². The summed E-state index contributed by atoms with van der Waals surface area (Å²) in [6, 6.07) is 6.17. The van der Waals surface area contributed by atoms with E-state index < -0.39 is 11.4 Å². The summed E-state index contributed by atoms with van der Waals surface area (Å²) in [5.41, 5.74) is 1.82. The lowest BCUT2D eigenvalue weighted by atomic mass is 9.98. The summed E-state index contributed by atoms with van der Waals surface area (Å²) in [6.07, 6.45) is 5.41. The van der Waals surface area contributed by atoms with Crippen molar-refractivity contribution in [3.63, 3.8) is 0 Å². The monoisotopic (exact) mass is 361 g/mol. The predicted octanol–water partition coefficient (Wildman–Crippen LogP) is 4.47. The summed E-state index contributed by atoms with van der Waals surface area (Å²) in [5.74, 6) is 0.152. The molecule has 0 radical (unpaired) electrons. The maximum Gasteiger partial charge on any atom is 0.205 e. The molecule has 2 saturated heterocycles. The highest BCUT2D eigenvalue weighted by molar-refractivity contribution is 5.38. The molecule has 146 valence electrons. The van der Waals surface area contributed by atoms with Gasteiger partial charge in [-0.15, -0.1) is 0 Å². The minimum atomic E-state index is -0.750. The maximum atomic E-state index is 6.41. The lowest BCUT2D eigenvalue weighted by Gasteiger charge is -2.40. The number of nitrogens with zero attached hydrogens (tertiary/aromatic N) is 1. The highest BCUT2D eigenvalue weighted by atomic mass is 16.8. The van der Waals surface area contributed by atoms with Crippen LogP contribution < -0.4 is 4.74 Å². The van der Waals surface area contributed by atoms with Crippen LogP contribution in [-0.2, 0) is 9.47 Å². The van der Waals surface area contributed by atoms with Gasteiger partial charge in [0.25, 0.3) is 0 Å². The van der Waals surface area contributed by atoms with Crippen LogP contribution in [0.4, 0.5) is 0 Å². The van der Waals surface area contributed by atoms with Crippen molar-refractivity contribution in [2.24, 2.45) is 0 Å². The number of benzene rings is 1. The third kappa shape index (κ3) is 4.24. The van der Waals surface area contributed by atoms with Crippen molar-refractivity contribution in [2.75, 3.05) is 26.2 Å². The SMILES string of the molecule is Cc1cccc(OC(C)(C)C2(C)OCC(CN3CCCCCC3)O2)c1C. The number of rotatable bonds is 5. The van der Waals surface area contributed by atoms with Crippen molar-refractivity contribution in [1.29, 1.82) is 0 Å². The first kappa shape index (κ1) is 19.7. The molecule has 0 aliphatic carbocycles. The van der Waals surface area contributed by atoms with Gasteiger partial charge in [-0.1, -0.05) is 25.0 Å². The van der Waals surface area contributed by atoms with Gasteiger partial charge in [0, 0.05) is 6.54 Å². The summed E-state index contributed by atoms with van der Waals surface area (Å²) < 4.78 is 19.0. The Hall–Kier alpha value is -1.10. The fourth-order valence-corrected chi connectivity index (χ4v) is 3.85. The van der Waals surface area contributed by atoms with Gasteiger partial charge in [-0.2, -0.15) is 0 Å². The molecule has 2 fully saturated rings. The quantitative estimate of drug-likeness (QED) is 0.774. The second kappa shape index (κ2) is 7.87. The van der Waals surface area contributed by atoms with Crippen LogP contribution in [0.1, 0.15) is 57.6 Å². The topological polar surface area (TPSA) is 30.9 Å². The average Bonchev–Trinajstić information content (AvgIpc) is 2.80. The Morgan fingerprint density at radius 2 is 1.85 bits per heavy atom. The first-order valence-corrected chi connectivity index (χ1v) is 10.1. The molecule has 0 saturated carbocycles. The number of ether oxygens (including phenoxy) is 3. The van der Waals surface area contributed by atoms with Crippen molar-refractivity contribution in [2.45, 2.75) is 77.8 Å². The number of hydrogen-bond acceptors (Lipinski definition) is 4. The second-order valence-corrected chi connectivity index (χ2v) is 8.52. The minimum absolute atomic E-state index is 0.111. The smallest absolute Gasteiger partial charge is 0.205 e. The number of hydrogen-bond donors (Lipinski definition) is 0. The maximum absolute atomic E-state index is 6.41. The lowest BCUT2D eigenvalue weighted by molar-refractivity contribution is -0.243. The van der Waals surface area contributed by atoms with Gasteiger partial charge >= 0.3 is 0 Å². The molecular weight excluding hydrogens is 326 g/mol. The van der Waals surface area contributed by atoms with Crippen molar-refractivity contribution >= 4 is 0 Å². The molecule has 0 aromatic heterocycles. The molecule has 1 aromatic rings. The van der Waals surface area contributed by atoms with Gasteiger partial charge in [0.05, 0.1) is 12.7 Å². The van der Waals surface area contributed by atoms with E-state index >= 15 is 0 Å². The molecule has 2 atom stereocenters. The number of aryl methyl sites for hydroxylation is 1. The zero-order valence-corrected chi connectivity index (χ0v) is 17.1. The summed E-state index contributed by atoms with van der Waals surface area (Å²) in [5, 5.41) is 0. The Bertz CT molecular complexity index is 607. The molecule has 2 heterocycles. The molecule has 0 N–H and O–H groups in total. The molecular formula is C22H35NO3. The van der Waals surface area contributed by atoms with Gasteiger partial charge in [-0.3, -0.25) is 0 Å². The Morgan fingerprint density at radius 3 is 2.54 bits per heavy atom. The Morgan fingerprint density at radius 1 is 1.15 bits per heavy atom. The van der Waals surface area contributed by atoms with E-state index in [9.17, 15) is 0 Å². The molecule has 2 aliphatic rings. The van der Waals surface area contributed by atoms with Gasteiger partial charge in [-0.05, 0) is 77.7 Å². The zero-order chi connectivity index (χ0) is 18.8. The molecule has 2 unspecified atom stereocenters. The molecule has 3 rings (SSSR count). The summed E-state index contributed by atoms with van der Waals surface area (Å²) in [6.45, 7) is 14.3. The fraction of sp³-hybridized carbons (Fsp3) is 0.727. The summed E-state index contributed by atoms with van der Waals surface area (Å²) in [4.78, 5) is 2.53. The predicted molar refractivity (Wildman–Crippen MR) is 105 cm³/mol. The molecule has 4 nitrogen and oxygen atoms in total. The van der Waals surface area contributed by atoms with Crippen LogP contribution in [0.5, 0.6) is 5.75 Å². The molecule has 4 heteroatoms. The van der Waals surface area contributed by atoms with E-state index in [1.165, 1.54) is 49.9 Å². The molecule has 0 amide bonds. The molecule has 0 spiro atoms.